The molecule has 0 spiro atoms. The first-order valence-electron chi connectivity index (χ1n) is 6.31. The summed E-state index contributed by atoms with van der Waals surface area (Å²) in [6, 6.07) is -0.139. The fourth-order valence-corrected chi connectivity index (χ4v) is 2.65. The van der Waals surface area contributed by atoms with E-state index in [9.17, 15) is 4.79 Å². The van der Waals surface area contributed by atoms with E-state index in [1.165, 1.54) is 0 Å². The van der Waals surface area contributed by atoms with Crippen LogP contribution in [0.4, 0.5) is 0 Å². The van der Waals surface area contributed by atoms with Crippen LogP contribution < -0.4 is 0 Å². The van der Waals surface area contributed by atoms with Gasteiger partial charge in [0.05, 0.1) is 25.2 Å². The Bertz CT molecular complexity index is 439. The van der Waals surface area contributed by atoms with Crippen LogP contribution in [0.25, 0.3) is 0 Å². The van der Waals surface area contributed by atoms with Crippen molar-refractivity contribution in [2.24, 2.45) is 0 Å². The van der Waals surface area contributed by atoms with Gasteiger partial charge in [-0.25, -0.2) is 4.98 Å². The van der Waals surface area contributed by atoms with Gasteiger partial charge in [-0.1, -0.05) is 0 Å². The van der Waals surface area contributed by atoms with Crippen LogP contribution in [0.5, 0.6) is 0 Å². The van der Waals surface area contributed by atoms with Crippen LogP contribution in [-0.2, 0) is 16.1 Å². The molecule has 1 fully saturated rings. The molecule has 2 aliphatic rings. The Morgan fingerprint density at radius 2 is 2.22 bits per heavy atom. The number of aromatic nitrogens is 2. The van der Waals surface area contributed by atoms with Gasteiger partial charge in [-0.2, -0.15) is 0 Å². The molecule has 0 aromatic carbocycles. The number of nitrogens with zero attached hydrogens (tertiary/aromatic N) is 4. The molecule has 6 nitrogen and oxygen atoms in total. The predicted octanol–water partition coefficient (Wildman–Crippen LogP) is -0.272. The zero-order valence-corrected chi connectivity index (χ0v) is 10.6. The molecular formula is C12H18N4O2. The molecular weight excluding hydrogens is 232 g/mol. The number of carbonyl (C=O) groups excluding carboxylic acids is 1. The first kappa shape index (κ1) is 11.7. The monoisotopic (exact) mass is 250 g/mol. The molecule has 0 aliphatic carbocycles. The minimum atomic E-state index is -0.139. The minimum Gasteiger partial charge on any atom is -0.378 e. The smallest absolute Gasteiger partial charge is 0.247 e. The Kier molecular flexibility index (Phi) is 3.05. The van der Waals surface area contributed by atoms with Gasteiger partial charge in [0, 0.05) is 32.4 Å². The van der Waals surface area contributed by atoms with Gasteiger partial charge >= 0.3 is 0 Å². The topological polar surface area (TPSA) is 50.6 Å². The first-order chi connectivity index (χ1) is 8.75. The van der Waals surface area contributed by atoms with Crippen molar-refractivity contribution in [3.63, 3.8) is 0 Å². The maximum absolute atomic E-state index is 12.6. The summed E-state index contributed by atoms with van der Waals surface area (Å²) in [6.07, 6.45) is 3.61. The third-order valence-electron chi connectivity index (χ3n) is 3.61. The number of ether oxygens (including phenoxy) is 1. The third-order valence-corrected chi connectivity index (χ3v) is 3.61. The number of morpholine rings is 1. The van der Waals surface area contributed by atoms with Crippen molar-refractivity contribution in [2.75, 3.05) is 39.9 Å². The lowest BCUT2D eigenvalue weighted by Crippen LogP contribution is -2.48. The zero-order chi connectivity index (χ0) is 12.5. The predicted molar refractivity (Wildman–Crippen MR) is 65.0 cm³/mol. The van der Waals surface area contributed by atoms with Gasteiger partial charge in [-0.05, 0) is 7.05 Å². The van der Waals surface area contributed by atoms with Gasteiger partial charge in [-0.3, -0.25) is 9.69 Å². The average Bonchev–Trinajstić information content (AvgIpc) is 2.86. The second-order valence-electron chi connectivity index (χ2n) is 4.94. The van der Waals surface area contributed by atoms with E-state index < -0.39 is 0 Å². The Morgan fingerprint density at radius 1 is 1.44 bits per heavy atom. The number of hydrogen-bond donors (Lipinski definition) is 0. The summed E-state index contributed by atoms with van der Waals surface area (Å²) in [5, 5.41) is 0. The van der Waals surface area contributed by atoms with Gasteiger partial charge in [0.2, 0.25) is 5.91 Å². The number of fused-ring (bicyclic) bond motifs is 1. The second-order valence-corrected chi connectivity index (χ2v) is 4.94. The standard InChI is InChI=1S/C12H18N4O2/c1-14-7-10-6-13-9-16(10)11(8-14)12(17)15-2-4-18-5-3-15/h6,9,11H,2-5,7-8H2,1H3/t11-/m0/s1. The van der Waals surface area contributed by atoms with Gasteiger partial charge < -0.3 is 14.2 Å². The molecule has 1 aromatic heterocycles. The van der Waals surface area contributed by atoms with Crippen molar-refractivity contribution in [3.8, 4) is 0 Å². The fraction of sp³-hybridized carbons (Fsp3) is 0.667. The molecule has 1 atom stereocenters. The van der Waals surface area contributed by atoms with Crippen molar-refractivity contribution in [1.82, 2.24) is 19.4 Å². The third kappa shape index (κ3) is 2.02. The Labute approximate surface area is 106 Å². The van der Waals surface area contributed by atoms with Crippen LogP contribution in [0.15, 0.2) is 12.5 Å². The molecule has 0 bridgehead atoms. The van der Waals surface area contributed by atoms with Crippen molar-refractivity contribution in [3.05, 3.63) is 18.2 Å². The molecule has 98 valence electrons. The summed E-state index contributed by atoms with van der Waals surface area (Å²) in [4.78, 5) is 20.8. The van der Waals surface area contributed by atoms with Crippen LogP contribution >= 0.6 is 0 Å². The van der Waals surface area contributed by atoms with Gasteiger partial charge in [0.25, 0.3) is 0 Å². The summed E-state index contributed by atoms with van der Waals surface area (Å²) in [6.45, 7) is 4.29. The quantitative estimate of drug-likeness (QED) is 0.688. The number of imidazole rings is 1. The van der Waals surface area contributed by atoms with Crippen LogP contribution in [0.3, 0.4) is 0 Å². The van der Waals surface area contributed by atoms with Crippen molar-refractivity contribution in [1.29, 1.82) is 0 Å². The fourth-order valence-electron chi connectivity index (χ4n) is 2.65. The van der Waals surface area contributed by atoms with E-state index in [1.807, 2.05) is 22.7 Å². The molecule has 18 heavy (non-hydrogen) atoms. The lowest BCUT2D eigenvalue weighted by molar-refractivity contribution is -0.140. The Morgan fingerprint density at radius 3 is 3.00 bits per heavy atom. The van der Waals surface area contributed by atoms with E-state index in [0.29, 0.717) is 26.3 Å². The van der Waals surface area contributed by atoms with Crippen LogP contribution in [0.1, 0.15) is 11.7 Å². The molecule has 1 saturated heterocycles. The summed E-state index contributed by atoms with van der Waals surface area (Å²) in [5.41, 5.74) is 1.11. The second kappa shape index (κ2) is 4.70. The van der Waals surface area contributed by atoms with Gasteiger partial charge in [-0.15, -0.1) is 0 Å². The molecule has 0 N–H and O–H groups in total. The van der Waals surface area contributed by atoms with E-state index >= 15 is 0 Å². The molecule has 6 heteroatoms. The number of rotatable bonds is 1. The van der Waals surface area contributed by atoms with Crippen molar-refractivity contribution >= 4 is 5.91 Å². The molecule has 3 heterocycles. The van der Waals surface area contributed by atoms with E-state index in [0.717, 1.165) is 18.8 Å². The lowest BCUT2D eigenvalue weighted by Gasteiger charge is -2.35. The maximum atomic E-state index is 12.6. The minimum absolute atomic E-state index is 0.139. The number of hydrogen-bond acceptors (Lipinski definition) is 4. The van der Waals surface area contributed by atoms with Crippen LogP contribution in [0, 0.1) is 0 Å². The Hall–Kier alpha value is -1.40. The van der Waals surface area contributed by atoms with Gasteiger partial charge in [0.15, 0.2) is 0 Å². The molecule has 1 aromatic rings. The van der Waals surface area contributed by atoms with E-state index in [2.05, 4.69) is 9.88 Å². The molecule has 0 saturated carbocycles. The molecule has 3 rings (SSSR count). The highest BCUT2D eigenvalue weighted by atomic mass is 16.5. The number of carbonyl (C=O) groups is 1. The summed E-state index contributed by atoms with van der Waals surface area (Å²) in [5.74, 6) is 0.184. The van der Waals surface area contributed by atoms with E-state index in [4.69, 9.17) is 4.74 Å². The normalized spacial score (nSPS) is 24.9. The molecule has 0 unspecified atom stereocenters. The molecule has 2 aliphatic heterocycles. The van der Waals surface area contributed by atoms with Crippen LogP contribution in [-0.4, -0.2) is 65.2 Å². The number of amides is 1. The molecule has 1 amide bonds. The summed E-state index contributed by atoms with van der Waals surface area (Å²) >= 11 is 0. The summed E-state index contributed by atoms with van der Waals surface area (Å²) in [7, 11) is 2.04. The van der Waals surface area contributed by atoms with Gasteiger partial charge in [0.1, 0.15) is 6.04 Å². The lowest BCUT2D eigenvalue weighted by atomic mass is 10.1. The highest BCUT2D eigenvalue weighted by Gasteiger charge is 2.32. The maximum Gasteiger partial charge on any atom is 0.247 e. The first-order valence-corrected chi connectivity index (χ1v) is 6.31. The SMILES string of the molecule is CN1Cc2cncn2[C@H](C(=O)N2CCOCC2)C1. The zero-order valence-electron chi connectivity index (χ0n) is 10.6. The van der Waals surface area contributed by atoms with E-state index in [1.54, 1.807) is 6.33 Å². The largest absolute Gasteiger partial charge is 0.378 e. The average molecular weight is 250 g/mol. The van der Waals surface area contributed by atoms with Crippen LogP contribution in [0.2, 0.25) is 0 Å². The number of likely N-dealkylation sites (N-methyl/N-ethyl adjacent to an activating group) is 1. The molecule has 0 radical (unpaired) electrons. The summed E-state index contributed by atoms with van der Waals surface area (Å²) < 4.78 is 7.30. The van der Waals surface area contributed by atoms with Crippen molar-refractivity contribution < 1.29 is 9.53 Å². The Balaban J connectivity index is 1.81. The van der Waals surface area contributed by atoms with E-state index in [-0.39, 0.29) is 11.9 Å². The highest BCUT2D eigenvalue weighted by Crippen LogP contribution is 2.22. The highest BCUT2D eigenvalue weighted by molar-refractivity contribution is 5.81. The van der Waals surface area contributed by atoms with Crippen molar-refractivity contribution in [2.45, 2.75) is 12.6 Å².